The maximum atomic E-state index is 13.7. The number of unbranched alkanes of at least 4 members (excludes halogenated alkanes) is 2. The van der Waals surface area contributed by atoms with E-state index in [2.05, 4.69) is 15.5 Å². The fourth-order valence-electron chi connectivity index (χ4n) is 4.93. The Morgan fingerprint density at radius 3 is 2.61 bits per heavy atom. The molecule has 186 valence electrons. The van der Waals surface area contributed by atoms with Crippen LogP contribution in [0.15, 0.2) is 48.7 Å². The van der Waals surface area contributed by atoms with Crippen LogP contribution >= 0.6 is 0 Å². The van der Waals surface area contributed by atoms with Crippen LogP contribution in [0.25, 0.3) is 0 Å². The first-order valence-electron chi connectivity index (χ1n) is 11.8. The lowest BCUT2D eigenvalue weighted by Gasteiger charge is -2.41. The van der Waals surface area contributed by atoms with Crippen molar-refractivity contribution in [2.24, 2.45) is 0 Å². The van der Waals surface area contributed by atoms with Gasteiger partial charge in [-0.1, -0.05) is 24.6 Å². The largest absolute Gasteiger partial charge is 0.493 e. The Morgan fingerprint density at radius 1 is 1.03 bits per heavy atom. The minimum atomic E-state index is -0.571. The third-order valence-corrected chi connectivity index (χ3v) is 6.56. The van der Waals surface area contributed by atoms with E-state index in [1.807, 2.05) is 12.1 Å². The van der Waals surface area contributed by atoms with Gasteiger partial charge in [-0.3, -0.25) is 24.4 Å². The molecule has 0 aliphatic carbocycles. The summed E-state index contributed by atoms with van der Waals surface area (Å²) in [4.78, 5) is 42.8. The lowest BCUT2D eigenvalue weighted by molar-refractivity contribution is -0.116. The van der Waals surface area contributed by atoms with Gasteiger partial charge in [0.2, 0.25) is 5.91 Å². The smallest absolute Gasteiger partial charge is 0.264 e. The lowest BCUT2D eigenvalue weighted by Crippen LogP contribution is -2.48. The fraction of sp³-hybridized carbons (Fsp3) is 0.308. The van der Waals surface area contributed by atoms with E-state index in [1.165, 1.54) is 14.2 Å². The summed E-state index contributed by atoms with van der Waals surface area (Å²) in [7, 11) is 3.03. The van der Waals surface area contributed by atoms with Gasteiger partial charge in [0.25, 0.3) is 11.8 Å². The number of hydrogen-bond acceptors (Lipinski definition) is 6. The van der Waals surface area contributed by atoms with Crippen LogP contribution in [0.3, 0.4) is 0 Å². The molecule has 36 heavy (non-hydrogen) atoms. The standard InChI is InChI=1S/C26H27N5O5/c1-35-19-12-11-17-22(23(19)36-2)26(34)31-18-9-6-5-8-16(18)25(33)30(24(17)31)15-7-3-4-10-21(32)28-20-13-14-27-29-20/h5-6,8-9,11-14,24H,3-4,7,10,15H2,1-2H3,(H2,27,28,29,32). The number of H-pyrrole nitrogens is 1. The third-order valence-electron chi connectivity index (χ3n) is 6.56. The van der Waals surface area contributed by atoms with Crippen LogP contribution in [0.2, 0.25) is 0 Å². The molecule has 2 aromatic carbocycles. The number of methoxy groups -OCH3 is 2. The molecule has 0 saturated carbocycles. The lowest BCUT2D eigenvalue weighted by atomic mass is 10.0. The Morgan fingerprint density at radius 2 is 1.86 bits per heavy atom. The van der Waals surface area contributed by atoms with Gasteiger partial charge < -0.3 is 19.7 Å². The summed E-state index contributed by atoms with van der Waals surface area (Å²) in [6, 6.07) is 12.4. The average molecular weight is 490 g/mol. The van der Waals surface area contributed by atoms with E-state index in [-0.39, 0.29) is 17.7 Å². The number of nitrogens with zero attached hydrogens (tertiary/aromatic N) is 3. The van der Waals surface area contributed by atoms with E-state index >= 15 is 0 Å². The first-order valence-corrected chi connectivity index (χ1v) is 11.8. The van der Waals surface area contributed by atoms with E-state index in [4.69, 9.17) is 9.47 Å². The number of aromatic nitrogens is 2. The van der Waals surface area contributed by atoms with Crippen LogP contribution in [0.4, 0.5) is 11.5 Å². The molecule has 3 aromatic rings. The summed E-state index contributed by atoms with van der Waals surface area (Å²) in [6.45, 7) is 0.442. The quantitative estimate of drug-likeness (QED) is 0.442. The van der Waals surface area contributed by atoms with Gasteiger partial charge >= 0.3 is 0 Å². The van der Waals surface area contributed by atoms with Gasteiger partial charge in [0, 0.05) is 24.6 Å². The fourth-order valence-corrected chi connectivity index (χ4v) is 4.93. The minimum absolute atomic E-state index is 0.0928. The first-order chi connectivity index (χ1) is 17.5. The van der Waals surface area contributed by atoms with Gasteiger partial charge in [-0.05, 0) is 31.0 Å². The second-order valence-electron chi connectivity index (χ2n) is 8.66. The normalized spacial score (nSPS) is 15.9. The summed E-state index contributed by atoms with van der Waals surface area (Å²) >= 11 is 0. The van der Waals surface area contributed by atoms with Crippen LogP contribution in [0.1, 0.15) is 58.1 Å². The van der Waals surface area contributed by atoms with Gasteiger partial charge in [0.15, 0.2) is 11.5 Å². The van der Waals surface area contributed by atoms with Crippen molar-refractivity contribution < 1.29 is 23.9 Å². The molecule has 0 bridgehead atoms. The zero-order valence-corrected chi connectivity index (χ0v) is 20.1. The van der Waals surface area contributed by atoms with Crippen LogP contribution in [0.5, 0.6) is 11.5 Å². The van der Waals surface area contributed by atoms with E-state index in [0.29, 0.717) is 65.5 Å². The number of amides is 3. The highest BCUT2D eigenvalue weighted by molar-refractivity contribution is 6.18. The van der Waals surface area contributed by atoms with E-state index in [0.717, 1.165) is 6.42 Å². The zero-order chi connectivity index (χ0) is 25.2. The Kier molecular flexibility index (Phi) is 6.32. The van der Waals surface area contributed by atoms with Crippen molar-refractivity contribution in [2.75, 3.05) is 31.0 Å². The average Bonchev–Trinajstić information content (AvgIpc) is 3.51. The summed E-state index contributed by atoms with van der Waals surface area (Å²) in [6.07, 6.45) is 3.48. The van der Waals surface area contributed by atoms with Gasteiger partial charge in [0.05, 0.1) is 37.2 Å². The molecule has 1 unspecified atom stereocenters. The van der Waals surface area contributed by atoms with Crippen molar-refractivity contribution in [1.82, 2.24) is 15.1 Å². The monoisotopic (exact) mass is 489 g/mol. The maximum absolute atomic E-state index is 13.7. The van der Waals surface area contributed by atoms with Crippen molar-refractivity contribution in [1.29, 1.82) is 0 Å². The summed E-state index contributed by atoms with van der Waals surface area (Å²) in [5.74, 6) is 0.941. The number of aromatic amines is 1. The summed E-state index contributed by atoms with van der Waals surface area (Å²) in [5.41, 5.74) is 2.19. The number of fused-ring (bicyclic) bond motifs is 5. The summed E-state index contributed by atoms with van der Waals surface area (Å²) < 4.78 is 11.0. The van der Waals surface area contributed by atoms with Gasteiger partial charge in [-0.2, -0.15) is 5.10 Å². The number of anilines is 2. The highest BCUT2D eigenvalue weighted by Crippen LogP contribution is 2.49. The van der Waals surface area contributed by atoms with E-state index in [1.54, 1.807) is 46.3 Å². The molecular weight excluding hydrogens is 462 g/mol. The van der Waals surface area contributed by atoms with Crippen LogP contribution in [-0.2, 0) is 4.79 Å². The minimum Gasteiger partial charge on any atom is -0.493 e. The molecule has 0 radical (unpaired) electrons. The van der Waals surface area contributed by atoms with Gasteiger partial charge in [-0.25, -0.2) is 0 Å². The third kappa shape index (κ3) is 3.94. The van der Waals surface area contributed by atoms with Crippen LogP contribution in [0, 0.1) is 0 Å². The van der Waals surface area contributed by atoms with E-state index in [9.17, 15) is 14.4 Å². The molecule has 3 heterocycles. The summed E-state index contributed by atoms with van der Waals surface area (Å²) in [5, 5.41) is 9.27. The van der Waals surface area contributed by atoms with Crippen molar-refractivity contribution in [3.63, 3.8) is 0 Å². The Labute approximate surface area is 208 Å². The number of carbonyl (C=O) groups is 3. The molecule has 10 heteroatoms. The Balaban J connectivity index is 1.35. The van der Waals surface area contributed by atoms with Gasteiger partial charge in [0.1, 0.15) is 12.0 Å². The molecule has 3 amide bonds. The highest BCUT2D eigenvalue weighted by Gasteiger charge is 2.49. The SMILES string of the molecule is COc1ccc2c(c1OC)C(=O)N1c3ccccc3C(=O)N(CCCCCC(=O)Nc3ccn[nH]3)C21. The number of ether oxygens (including phenoxy) is 2. The predicted molar refractivity (Wildman–Crippen MR) is 132 cm³/mol. The molecule has 1 aromatic heterocycles. The number of para-hydroxylation sites is 1. The molecule has 2 N–H and O–H groups in total. The van der Waals surface area contributed by atoms with E-state index < -0.39 is 6.17 Å². The van der Waals surface area contributed by atoms with Crippen molar-refractivity contribution in [3.05, 3.63) is 65.4 Å². The molecule has 5 rings (SSSR count). The molecule has 0 saturated heterocycles. The molecule has 10 nitrogen and oxygen atoms in total. The van der Waals surface area contributed by atoms with Crippen molar-refractivity contribution >= 4 is 29.2 Å². The number of hydrogen-bond donors (Lipinski definition) is 2. The topological polar surface area (TPSA) is 117 Å². The Bertz CT molecular complexity index is 1310. The maximum Gasteiger partial charge on any atom is 0.264 e. The number of benzene rings is 2. The number of rotatable bonds is 9. The molecule has 0 fully saturated rings. The Hall–Kier alpha value is -4.34. The number of carbonyl (C=O) groups excluding carboxylic acids is 3. The zero-order valence-electron chi connectivity index (χ0n) is 20.1. The highest BCUT2D eigenvalue weighted by atomic mass is 16.5. The molecule has 1 atom stereocenters. The number of nitrogens with one attached hydrogen (secondary N) is 2. The van der Waals surface area contributed by atoms with Crippen molar-refractivity contribution in [3.8, 4) is 11.5 Å². The predicted octanol–water partition coefficient (Wildman–Crippen LogP) is 3.74. The molecule has 2 aliphatic heterocycles. The van der Waals surface area contributed by atoms with Crippen molar-refractivity contribution in [2.45, 2.75) is 31.8 Å². The first kappa shape index (κ1) is 23.4. The van der Waals surface area contributed by atoms with Crippen LogP contribution in [-0.4, -0.2) is 53.6 Å². The second-order valence-corrected chi connectivity index (χ2v) is 8.66. The van der Waals surface area contributed by atoms with Crippen LogP contribution < -0.4 is 19.7 Å². The van der Waals surface area contributed by atoms with Gasteiger partial charge in [-0.15, -0.1) is 0 Å². The molecular formula is C26H27N5O5. The second kappa shape index (κ2) is 9.73. The molecule has 0 spiro atoms. The molecule has 2 aliphatic rings.